The second-order valence-electron chi connectivity index (χ2n) is 3.98. The zero-order chi connectivity index (χ0) is 12.3. The van der Waals surface area contributed by atoms with E-state index in [1.807, 2.05) is 0 Å². The molecule has 1 atom stereocenters. The van der Waals surface area contributed by atoms with E-state index in [1.165, 1.54) is 0 Å². The number of primary amides is 1. The van der Waals surface area contributed by atoms with E-state index in [0.717, 1.165) is 12.8 Å². The number of hydrogen-bond donors (Lipinski definition) is 1. The predicted molar refractivity (Wildman–Crippen MR) is 64.1 cm³/mol. The minimum absolute atomic E-state index is 0.0477. The summed E-state index contributed by atoms with van der Waals surface area (Å²) >= 11 is 5.79. The standard InChI is InChI=1S/C11H14ClN3O2/c12-8-4-10(6-14-5-8)17-7-9-2-1-3-15(9)11(13)16/h4-6,9H,1-3,7H2,(H2,13,16). The number of carbonyl (C=O) groups is 1. The highest BCUT2D eigenvalue weighted by atomic mass is 35.5. The molecule has 17 heavy (non-hydrogen) atoms. The minimum atomic E-state index is -0.389. The van der Waals surface area contributed by atoms with E-state index in [9.17, 15) is 4.79 Å². The number of aromatic nitrogens is 1. The molecule has 2 heterocycles. The first kappa shape index (κ1) is 12.0. The van der Waals surface area contributed by atoms with Crippen LogP contribution in [0.2, 0.25) is 5.02 Å². The van der Waals surface area contributed by atoms with Crippen molar-refractivity contribution in [2.45, 2.75) is 18.9 Å². The van der Waals surface area contributed by atoms with Gasteiger partial charge in [-0.15, -0.1) is 0 Å². The third-order valence-corrected chi connectivity index (χ3v) is 2.99. The quantitative estimate of drug-likeness (QED) is 0.893. The van der Waals surface area contributed by atoms with Crippen molar-refractivity contribution >= 4 is 17.6 Å². The number of likely N-dealkylation sites (tertiary alicyclic amines) is 1. The molecule has 2 rings (SSSR count). The van der Waals surface area contributed by atoms with Crippen LogP contribution in [-0.2, 0) is 0 Å². The maximum absolute atomic E-state index is 11.1. The van der Waals surface area contributed by atoms with Gasteiger partial charge in [0.25, 0.3) is 0 Å². The minimum Gasteiger partial charge on any atom is -0.490 e. The molecule has 0 saturated carbocycles. The first-order chi connectivity index (χ1) is 8.16. The fourth-order valence-corrected chi connectivity index (χ4v) is 2.13. The summed E-state index contributed by atoms with van der Waals surface area (Å²) in [7, 11) is 0. The van der Waals surface area contributed by atoms with E-state index in [-0.39, 0.29) is 12.1 Å². The molecule has 0 bridgehead atoms. The Bertz CT molecular complexity index is 413. The first-order valence-electron chi connectivity index (χ1n) is 5.46. The second-order valence-corrected chi connectivity index (χ2v) is 4.41. The molecule has 1 saturated heterocycles. The molecular weight excluding hydrogens is 242 g/mol. The van der Waals surface area contributed by atoms with Crippen LogP contribution in [0.25, 0.3) is 0 Å². The van der Waals surface area contributed by atoms with Gasteiger partial charge < -0.3 is 15.4 Å². The summed E-state index contributed by atoms with van der Waals surface area (Å²) in [6, 6.07) is 1.35. The van der Waals surface area contributed by atoms with Crippen LogP contribution in [-0.4, -0.2) is 35.1 Å². The Morgan fingerprint density at radius 2 is 2.47 bits per heavy atom. The SMILES string of the molecule is NC(=O)N1CCCC1COc1cncc(Cl)c1. The summed E-state index contributed by atoms with van der Waals surface area (Å²) in [5, 5.41) is 0.528. The second kappa shape index (κ2) is 5.23. The number of nitrogens with two attached hydrogens (primary N) is 1. The van der Waals surface area contributed by atoms with Crippen LogP contribution in [0.3, 0.4) is 0 Å². The predicted octanol–water partition coefficient (Wildman–Crippen LogP) is 1.66. The zero-order valence-electron chi connectivity index (χ0n) is 9.30. The molecule has 0 spiro atoms. The van der Waals surface area contributed by atoms with Crippen molar-refractivity contribution in [3.05, 3.63) is 23.5 Å². The van der Waals surface area contributed by atoms with Crippen LogP contribution in [0.5, 0.6) is 5.75 Å². The molecule has 1 aliphatic heterocycles. The molecule has 1 aromatic heterocycles. The van der Waals surface area contributed by atoms with Crippen LogP contribution in [0.4, 0.5) is 4.79 Å². The maximum Gasteiger partial charge on any atom is 0.315 e. The van der Waals surface area contributed by atoms with Crippen LogP contribution in [0.15, 0.2) is 18.5 Å². The van der Waals surface area contributed by atoms with Crippen molar-refractivity contribution in [1.82, 2.24) is 9.88 Å². The molecular formula is C11H14ClN3O2. The maximum atomic E-state index is 11.1. The number of pyridine rings is 1. The van der Waals surface area contributed by atoms with Gasteiger partial charge in [-0.2, -0.15) is 0 Å². The molecule has 6 heteroatoms. The lowest BCUT2D eigenvalue weighted by molar-refractivity contribution is 0.172. The van der Waals surface area contributed by atoms with Crippen LogP contribution >= 0.6 is 11.6 Å². The van der Waals surface area contributed by atoms with Crippen LogP contribution in [0.1, 0.15) is 12.8 Å². The molecule has 5 nitrogen and oxygen atoms in total. The molecule has 1 fully saturated rings. The lowest BCUT2D eigenvalue weighted by atomic mass is 10.2. The van der Waals surface area contributed by atoms with Gasteiger partial charge in [0.1, 0.15) is 12.4 Å². The lowest BCUT2D eigenvalue weighted by Gasteiger charge is -2.22. The number of rotatable bonds is 3. The van der Waals surface area contributed by atoms with Gasteiger partial charge in [0.15, 0.2) is 0 Å². The van der Waals surface area contributed by atoms with Crippen molar-refractivity contribution in [2.24, 2.45) is 5.73 Å². The van der Waals surface area contributed by atoms with Crippen molar-refractivity contribution in [3.8, 4) is 5.75 Å². The van der Waals surface area contributed by atoms with Gasteiger partial charge in [0.2, 0.25) is 0 Å². The Hall–Kier alpha value is -1.49. The summed E-state index contributed by atoms with van der Waals surface area (Å²) in [6.07, 6.45) is 5.01. The van der Waals surface area contributed by atoms with Crippen molar-refractivity contribution in [1.29, 1.82) is 0 Å². The number of halogens is 1. The number of carbonyl (C=O) groups excluding carboxylic acids is 1. The Morgan fingerprint density at radius 1 is 1.65 bits per heavy atom. The summed E-state index contributed by atoms with van der Waals surface area (Å²) in [6.45, 7) is 1.13. The Labute approximate surface area is 105 Å². The molecule has 1 unspecified atom stereocenters. The van der Waals surface area contributed by atoms with Gasteiger partial charge in [-0.25, -0.2) is 4.79 Å². The molecule has 0 aromatic carbocycles. The van der Waals surface area contributed by atoms with E-state index in [2.05, 4.69) is 4.98 Å². The molecule has 2 N–H and O–H groups in total. The van der Waals surface area contributed by atoms with E-state index < -0.39 is 0 Å². The molecule has 92 valence electrons. The van der Waals surface area contributed by atoms with Gasteiger partial charge in [0, 0.05) is 18.8 Å². The van der Waals surface area contributed by atoms with Crippen molar-refractivity contribution in [2.75, 3.05) is 13.2 Å². The largest absolute Gasteiger partial charge is 0.490 e. The van der Waals surface area contributed by atoms with E-state index in [4.69, 9.17) is 22.1 Å². The highest BCUT2D eigenvalue weighted by Crippen LogP contribution is 2.20. The van der Waals surface area contributed by atoms with E-state index in [0.29, 0.717) is 23.9 Å². The number of nitrogens with zero attached hydrogens (tertiary/aromatic N) is 2. The first-order valence-corrected chi connectivity index (χ1v) is 5.84. The Morgan fingerprint density at radius 3 is 3.18 bits per heavy atom. The third kappa shape index (κ3) is 3.00. The zero-order valence-corrected chi connectivity index (χ0v) is 10.1. The number of amides is 2. The van der Waals surface area contributed by atoms with Gasteiger partial charge in [-0.1, -0.05) is 11.6 Å². The number of ether oxygens (including phenoxy) is 1. The monoisotopic (exact) mass is 255 g/mol. The molecule has 0 aliphatic carbocycles. The average molecular weight is 256 g/mol. The van der Waals surface area contributed by atoms with Gasteiger partial charge in [-0.05, 0) is 12.8 Å². The van der Waals surface area contributed by atoms with E-state index in [1.54, 1.807) is 23.4 Å². The van der Waals surface area contributed by atoms with E-state index >= 15 is 0 Å². The molecule has 1 aromatic rings. The van der Waals surface area contributed by atoms with Gasteiger partial charge in [-0.3, -0.25) is 4.98 Å². The lowest BCUT2D eigenvalue weighted by Crippen LogP contribution is -2.42. The molecule has 2 amide bonds. The fraction of sp³-hybridized carbons (Fsp3) is 0.455. The van der Waals surface area contributed by atoms with Crippen molar-refractivity contribution < 1.29 is 9.53 Å². The average Bonchev–Trinajstić information content (AvgIpc) is 2.74. The fourth-order valence-electron chi connectivity index (χ4n) is 1.96. The number of urea groups is 1. The summed E-state index contributed by atoms with van der Waals surface area (Å²) in [4.78, 5) is 16.7. The Kier molecular flexibility index (Phi) is 3.68. The Balaban J connectivity index is 1.91. The summed E-state index contributed by atoms with van der Waals surface area (Å²) < 4.78 is 5.55. The highest BCUT2D eigenvalue weighted by molar-refractivity contribution is 6.30. The van der Waals surface area contributed by atoms with Crippen LogP contribution < -0.4 is 10.5 Å². The third-order valence-electron chi connectivity index (χ3n) is 2.78. The smallest absolute Gasteiger partial charge is 0.315 e. The van der Waals surface area contributed by atoms with Gasteiger partial charge in [0.05, 0.1) is 17.3 Å². The highest BCUT2D eigenvalue weighted by Gasteiger charge is 2.27. The summed E-state index contributed by atoms with van der Waals surface area (Å²) in [5.41, 5.74) is 5.28. The van der Waals surface area contributed by atoms with Crippen LogP contribution in [0, 0.1) is 0 Å². The normalized spacial score (nSPS) is 19.4. The number of hydrogen-bond acceptors (Lipinski definition) is 3. The molecule has 0 radical (unpaired) electrons. The van der Waals surface area contributed by atoms with Gasteiger partial charge >= 0.3 is 6.03 Å². The topological polar surface area (TPSA) is 68.5 Å². The van der Waals surface area contributed by atoms with Crippen molar-refractivity contribution in [3.63, 3.8) is 0 Å². The molecule has 1 aliphatic rings. The summed E-state index contributed by atoms with van der Waals surface area (Å²) in [5.74, 6) is 0.605.